The molecule has 0 heterocycles. The number of hydrogen-bond acceptors (Lipinski definition) is 1. The first-order chi connectivity index (χ1) is 13.3. The van der Waals surface area contributed by atoms with Crippen LogP contribution in [0.15, 0.2) is 12.2 Å². The van der Waals surface area contributed by atoms with E-state index in [1.165, 1.54) is 44.9 Å². The molecule has 0 aromatic heterocycles. The molecule has 1 N–H and O–H groups in total. The fourth-order valence-electron chi connectivity index (χ4n) is 8.44. The zero-order valence-corrected chi connectivity index (χ0v) is 19.2. The van der Waals surface area contributed by atoms with Crippen LogP contribution in [0.25, 0.3) is 0 Å². The molecule has 0 aliphatic heterocycles. The quantitative estimate of drug-likeness (QED) is 0.511. The van der Waals surface area contributed by atoms with Crippen molar-refractivity contribution in [2.75, 3.05) is 0 Å². The molecule has 0 aromatic rings. The van der Waals surface area contributed by atoms with Crippen molar-refractivity contribution in [1.29, 1.82) is 0 Å². The van der Waals surface area contributed by atoms with E-state index < -0.39 is 0 Å². The summed E-state index contributed by atoms with van der Waals surface area (Å²) in [7, 11) is 0. The van der Waals surface area contributed by atoms with Gasteiger partial charge in [-0.25, -0.2) is 0 Å². The first-order valence-corrected chi connectivity index (χ1v) is 12.7. The van der Waals surface area contributed by atoms with Crippen LogP contribution in [-0.2, 0) is 0 Å². The van der Waals surface area contributed by atoms with Gasteiger partial charge >= 0.3 is 0 Å². The minimum Gasteiger partial charge on any atom is -0.393 e. The van der Waals surface area contributed by atoms with Crippen molar-refractivity contribution in [3.63, 3.8) is 0 Å². The molecule has 160 valence electrons. The minimum absolute atomic E-state index is 0.00313. The van der Waals surface area contributed by atoms with Crippen LogP contribution in [0, 0.1) is 58.7 Å². The molecule has 0 radical (unpaired) electrons. The van der Waals surface area contributed by atoms with Crippen molar-refractivity contribution in [1.82, 2.24) is 0 Å². The summed E-state index contributed by atoms with van der Waals surface area (Å²) in [4.78, 5) is 0. The highest BCUT2D eigenvalue weighted by Crippen LogP contribution is 2.65. The lowest BCUT2D eigenvalue weighted by Gasteiger charge is -2.56. The van der Waals surface area contributed by atoms with Gasteiger partial charge in [-0.1, -0.05) is 46.8 Å². The van der Waals surface area contributed by atoms with E-state index in [2.05, 4.69) is 46.8 Å². The summed E-state index contributed by atoms with van der Waals surface area (Å²) in [5.41, 5.74) is 0.576. The molecule has 4 saturated carbocycles. The maximum absolute atomic E-state index is 10.1. The van der Waals surface area contributed by atoms with Gasteiger partial charge in [-0.05, 0) is 116 Å². The maximum atomic E-state index is 10.1. The zero-order chi connectivity index (χ0) is 20.1. The van der Waals surface area contributed by atoms with E-state index in [0.717, 1.165) is 60.2 Å². The van der Waals surface area contributed by atoms with Gasteiger partial charge in [0.25, 0.3) is 0 Å². The maximum Gasteiger partial charge on any atom is 0.0543 e. The summed E-state index contributed by atoms with van der Waals surface area (Å²) < 4.78 is 0. The van der Waals surface area contributed by atoms with Crippen LogP contribution in [0.3, 0.4) is 0 Å². The first kappa shape index (κ1) is 21.0. The fourth-order valence-corrected chi connectivity index (χ4v) is 8.44. The van der Waals surface area contributed by atoms with Gasteiger partial charge in [0.05, 0.1) is 6.10 Å². The summed E-state index contributed by atoms with van der Waals surface area (Å²) in [6, 6.07) is 0. The third-order valence-corrected chi connectivity index (χ3v) is 10.4. The van der Waals surface area contributed by atoms with Crippen LogP contribution in [-0.4, -0.2) is 11.2 Å². The van der Waals surface area contributed by atoms with Gasteiger partial charge in [-0.3, -0.25) is 0 Å². The van der Waals surface area contributed by atoms with E-state index in [9.17, 15) is 5.11 Å². The second-order valence-electron chi connectivity index (χ2n) is 12.0. The standard InChI is InChI=1S/C27H46O/c1-17(2)18(3)6-7-19(4)25-12-13-26-24-10-8-20-16-21(28)9-11-22(20)23(24)14-15-27(25,26)5/h6-7,17-26,28H,8-16H2,1-5H3/b7-6+/t18-,19+,20-,21-,22-,23+,24+,25+,26-,27+/m0/s1. The highest BCUT2D eigenvalue weighted by atomic mass is 16.3. The van der Waals surface area contributed by atoms with Crippen LogP contribution in [0.5, 0.6) is 0 Å². The van der Waals surface area contributed by atoms with Crippen LogP contribution >= 0.6 is 0 Å². The van der Waals surface area contributed by atoms with E-state index in [-0.39, 0.29) is 6.10 Å². The molecule has 0 amide bonds. The van der Waals surface area contributed by atoms with Gasteiger partial charge in [-0.2, -0.15) is 0 Å². The summed E-state index contributed by atoms with van der Waals surface area (Å²) in [6.45, 7) is 12.2. The van der Waals surface area contributed by atoms with Gasteiger partial charge in [0.2, 0.25) is 0 Å². The Morgan fingerprint density at radius 3 is 2.32 bits per heavy atom. The second-order valence-corrected chi connectivity index (χ2v) is 12.0. The van der Waals surface area contributed by atoms with E-state index >= 15 is 0 Å². The molecule has 0 bridgehead atoms. The molecule has 4 fully saturated rings. The Labute approximate surface area is 174 Å². The number of rotatable bonds is 4. The topological polar surface area (TPSA) is 20.2 Å². The Kier molecular flexibility index (Phi) is 6.05. The second kappa shape index (κ2) is 8.09. The van der Waals surface area contributed by atoms with Gasteiger partial charge in [0, 0.05) is 0 Å². The number of allylic oxidation sites excluding steroid dienone is 2. The summed E-state index contributed by atoms with van der Waals surface area (Å²) in [5, 5.41) is 10.1. The van der Waals surface area contributed by atoms with Gasteiger partial charge in [0.1, 0.15) is 0 Å². The molecule has 28 heavy (non-hydrogen) atoms. The largest absolute Gasteiger partial charge is 0.393 e. The van der Waals surface area contributed by atoms with Crippen LogP contribution < -0.4 is 0 Å². The van der Waals surface area contributed by atoms with E-state index in [4.69, 9.17) is 0 Å². The highest BCUT2D eigenvalue weighted by Gasteiger charge is 2.57. The monoisotopic (exact) mass is 386 g/mol. The molecule has 4 aliphatic rings. The summed E-state index contributed by atoms with van der Waals surface area (Å²) >= 11 is 0. The predicted octanol–water partition coefficient (Wildman–Crippen LogP) is 7.10. The Morgan fingerprint density at radius 2 is 1.57 bits per heavy atom. The Hall–Kier alpha value is -0.300. The summed E-state index contributed by atoms with van der Waals surface area (Å²) in [6.07, 6.45) is 17.3. The number of fused-ring (bicyclic) bond motifs is 5. The lowest BCUT2D eigenvalue weighted by Crippen LogP contribution is -2.49. The molecule has 4 rings (SSSR count). The van der Waals surface area contributed by atoms with E-state index in [1.807, 2.05) is 0 Å². The average molecular weight is 387 g/mol. The smallest absolute Gasteiger partial charge is 0.0543 e. The SMILES string of the molecule is CC(C)[C@@H](C)/C=C/[C@@H](C)[C@H]1CC[C@H]2[C@@H]3CC[C@H]4C[C@@H](O)CC[C@@H]4[C@H]3CC[C@]12C. The van der Waals surface area contributed by atoms with Crippen molar-refractivity contribution in [2.24, 2.45) is 58.7 Å². The molecule has 4 aliphatic carbocycles. The predicted molar refractivity (Wildman–Crippen MR) is 119 cm³/mol. The lowest BCUT2D eigenvalue weighted by atomic mass is 9.49. The molecule has 0 unspecified atom stereocenters. The Bertz CT molecular complexity index is 565. The molecule has 0 saturated heterocycles. The molecule has 1 heteroatoms. The zero-order valence-electron chi connectivity index (χ0n) is 19.2. The Morgan fingerprint density at radius 1 is 0.821 bits per heavy atom. The highest BCUT2D eigenvalue weighted by molar-refractivity contribution is 5.09. The number of hydrogen-bond donors (Lipinski definition) is 1. The normalized spacial score (nSPS) is 48.2. The fraction of sp³-hybridized carbons (Fsp3) is 0.926. The molecule has 0 aromatic carbocycles. The van der Waals surface area contributed by atoms with Gasteiger partial charge in [0.15, 0.2) is 0 Å². The molecule has 1 nitrogen and oxygen atoms in total. The van der Waals surface area contributed by atoms with Gasteiger partial charge in [-0.15, -0.1) is 0 Å². The average Bonchev–Trinajstić information content (AvgIpc) is 3.02. The van der Waals surface area contributed by atoms with Crippen LogP contribution in [0.1, 0.15) is 92.4 Å². The van der Waals surface area contributed by atoms with E-state index in [0.29, 0.717) is 11.3 Å². The van der Waals surface area contributed by atoms with Gasteiger partial charge < -0.3 is 5.11 Å². The third-order valence-electron chi connectivity index (χ3n) is 10.4. The first-order valence-electron chi connectivity index (χ1n) is 12.7. The lowest BCUT2D eigenvalue weighted by molar-refractivity contribution is -0.0800. The van der Waals surface area contributed by atoms with Crippen molar-refractivity contribution < 1.29 is 5.11 Å². The number of aliphatic hydroxyl groups excluding tert-OH is 1. The van der Waals surface area contributed by atoms with Crippen molar-refractivity contribution in [3.8, 4) is 0 Å². The van der Waals surface area contributed by atoms with Crippen molar-refractivity contribution in [2.45, 2.75) is 98.5 Å². The van der Waals surface area contributed by atoms with E-state index in [1.54, 1.807) is 0 Å². The van der Waals surface area contributed by atoms with Crippen LogP contribution in [0.2, 0.25) is 0 Å². The third kappa shape index (κ3) is 3.63. The number of aliphatic hydroxyl groups is 1. The minimum atomic E-state index is 0.00313. The molecule has 0 spiro atoms. The summed E-state index contributed by atoms with van der Waals surface area (Å²) in [5.74, 6) is 7.79. The molecular weight excluding hydrogens is 340 g/mol. The van der Waals surface area contributed by atoms with Crippen molar-refractivity contribution in [3.05, 3.63) is 12.2 Å². The van der Waals surface area contributed by atoms with Crippen LogP contribution in [0.4, 0.5) is 0 Å². The molecular formula is C27H46O. The van der Waals surface area contributed by atoms with Crippen molar-refractivity contribution >= 4 is 0 Å². The molecule has 10 atom stereocenters. The Balaban J connectivity index is 1.46.